The molecular weight excluding hydrogens is 362 g/mol. The standard InChI is InChI=1S/C22H20F2N2O2/c23-17-6-11-21(20(24)14-17)25-13-12-22(27)26-18-7-9-19(10-8-18)28-15-16-4-2-1-3-5-16/h1-11,14,25H,12-13,15H2,(H,26,27). The zero-order chi connectivity index (χ0) is 19.8. The zero-order valence-electron chi connectivity index (χ0n) is 15.1. The lowest BCUT2D eigenvalue weighted by Crippen LogP contribution is -2.16. The van der Waals surface area contributed by atoms with Crippen LogP contribution in [0.2, 0.25) is 0 Å². The molecule has 0 atom stereocenters. The fourth-order valence-corrected chi connectivity index (χ4v) is 2.54. The number of benzene rings is 3. The highest BCUT2D eigenvalue weighted by molar-refractivity contribution is 5.91. The quantitative estimate of drug-likeness (QED) is 0.577. The van der Waals surface area contributed by atoms with Crippen molar-refractivity contribution in [3.8, 4) is 5.75 Å². The fraction of sp³-hybridized carbons (Fsp3) is 0.136. The summed E-state index contributed by atoms with van der Waals surface area (Å²) < 4.78 is 32.1. The average molecular weight is 382 g/mol. The molecule has 0 bridgehead atoms. The summed E-state index contributed by atoms with van der Waals surface area (Å²) in [6, 6.07) is 20.2. The van der Waals surface area contributed by atoms with Crippen molar-refractivity contribution in [2.24, 2.45) is 0 Å². The second kappa shape index (κ2) is 9.50. The number of carbonyl (C=O) groups excluding carboxylic acids is 1. The molecule has 3 rings (SSSR count). The molecule has 3 aromatic carbocycles. The number of rotatable bonds is 8. The Bertz CT molecular complexity index is 916. The normalized spacial score (nSPS) is 10.4. The van der Waals surface area contributed by atoms with Crippen LogP contribution in [0, 0.1) is 11.6 Å². The van der Waals surface area contributed by atoms with Gasteiger partial charge >= 0.3 is 0 Å². The Labute approximate surface area is 162 Å². The molecule has 0 saturated heterocycles. The van der Waals surface area contributed by atoms with Gasteiger partial charge in [0, 0.05) is 24.7 Å². The van der Waals surface area contributed by atoms with E-state index < -0.39 is 11.6 Å². The van der Waals surface area contributed by atoms with Crippen LogP contribution < -0.4 is 15.4 Å². The van der Waals surface area contributed by atoms with Gasteiger partial charge in [0.05, 0.1) is 5.69 Å². The van der Waals surface area contributed by atoms with E-state index in [0.717, 1.165) is 17.7 Å². The summed E-state index contributed by atoms with van der Waals surface area (Å²) in [5.74, 6) is -0.841. The first kappa shape index (κ1) is 19.4. The summed E-state index contributed by atoms with van der Waals surface area (Å²) >= 11 is 0. The summed E-state index contributed by atoms with van der Waals surface area (Å²) in [5, 5.41) is 5.54. The first-order chi connectivity index (χ1) is 13.6. The third-order valence-corrected chi connectivity index (χ3v) is 3.99. The van der Waals surface area contributed by atoms with Gasteiger partial charge in [-0.05, 0) is 42.0 Å². The average Bonchev–Trinajstić information content (AvgIpc) is 2.70. The van der Waals surface area contributed by atoms with Crippen LogP contribution in [-0.2, 0) is 11.4 Å². The Kier molecular flexibility index (Phi) is 6.57. The highest BCUT2D eigenvalue weighted by Gasteiger charge is 2.06. The van der Waals surface area contributed by atoms with Gasteiger partial charge in [0.25, 0.3) is 0 Å². The summed E-state index contributed by atoms with van der Waals surface area (Å²) in [5.41, 5.74) is 1.88. The number of halogens is 2. The molecule has 28 heavy (non-hydrogen) atoms. The Morgan fingerprint density at radius 2 is 1.68 bits per heavy atom. The number of hydrogen-bond donors (Lipinski definition) is 2. The van der Waals surface area contributed by atoms with Crippen molar-refractivity contribution in [1.29, 1.82) is 0 Å². The van der Waals surface area contributed by atoms with E-state index in [1.165, 1.54) is 6.07 Å². The lowest BCUT2D eigenvalue weighted by atomic mass is 10.2. The van der Waals surface area contributed by atoms with Crippen molar-refractivity contribution in [2.75, 3.05) is 17.2 Å². The van der Waals surface area contributed by atoms with Crippen molar-refractivity contribution in [2.45, 2.75) is 13.0 Å². The van der Waals surface area contributed by atoms with Gasteiger partial charge in [0.15, 0.2) is 0 Å². The summed E-state index contributed by atoms with van der Waals surface area (Å²) in [7, 11) is 0. The Balaban J connectivity index is 1.42. The molecule has 0 unspecified atom stereocenters. The molecule has 0 aliphatic carbocycles. The minimum Gasteiger partial charge on any atom is -0.489 e. The number of nitrogens with one attached hydrogen (secondary N) is 2. The largest absolute Gasteiger partial charge is 0.489 e. The first-order valence-electron chi connectivity index (χ1n) is 8.86. The van der Waals surface area contributed by atoms with Crippen molar-refractivity contribution in [3.05, 3.63) is 90.0 Å². The third kappa shape index (κ3) is 5.81. The van der Waals surface area contributed by atoms with Crippen LogP contribution >= 0.6 is 0 Å². The lowest BCUT2D eigenvalue weighted by molar-refractivity contribution is -0.115. The summed E-state index contributed by atoms with van der Waals surface area (Å²) in [4.78, 5) is 12.0. The Hall–Kier alpha value is -3.41. The van der Waals surface area contributed by atoms with E-state index in [1.54, 1.807) is 24.3 Å². The first-order valence-corrected chi connectivity index (χ1v) is 8.86. The molecule has 0 aliphatic rings. The number of ether oxygens (including phenoxy) is 1. The topological polar surface area (TPSA) is 50.4 Å². The molecule has 0 aliphatic heterocycles. The molecule has 2 N–H and O–H groups in total. The maximum Gasteiger partial charge on any atom is 0.226 e. The number of hydrogen-bond acceptors (Lipinski definition) is 3. The summed E-state index contributed by atoms with van der Waals surface area (Å²) in [6.45, 7) is 0.699. The van der Waals surface area contributed by atoms with E-state index in [0.29, 0.717) is 18.0 Å². The molecule has 0 aromatic heterocycles. The van der Waals surface area contributed by atoms with Crippen LogP contribution in [0.5, 0.6) is 5.75 Å². The fourth-order valence-electron chi connectivity index (χ4n) is 2.54. The molecule has 0 spiro atoms. The van der Waals surface area contributed by atoms with E-state index in [1.807, 2.05) is 30.3 Å². The third-order valence-electron chi connectivity index (χ3n) is 3.99. The summed E-state index contributed by atoms with van der Waals surface area (Å²) in [6.07, 6.45) is 0.142. The monoisotopic (exact) mass is 382 g/mol. The molecule has 1 amide bonds. The van der Waals surface area contributed by atoms with E-state index in [2.05, 4.69) is 10.6 Å². The minimum atomic E-state index is -0.688. The molecule has 6 heteroatoms. The smallest absolute Gasteiger partial charge is 0.226 e. The predicted molar refractivity (Wildman–Crippen MR) is 105 cm³/mol. The second-order valence-corrected chi connectivity index (χ2v) is 6.15. The van der Waals surface area contributed by atoms with Crippen LogP contribution in [0.15, 0.2) is 72.8 Å². The Morgan fingerprint density at radius 1 is 0.929 bits per heavy atom. The van der Waals surface area contributed by atoms with Gasteiger partial charge < -0.3 is 15.4 Å². The maximum atomic E-state index is 13.5. The molecule has 144 valence electrons. The van der Waals surface area contributed by atoms with E-state index in [4.69, 9.17) is 4.74 Å². The lowest BCUT2D eigenvalue weighted by Gasteiger charge is -2.10. The molecule has 0 fully saturated rings. The van der Waals surface area contributed by atoms with Crippen LogP contribution in [0.1, 0.15) is 12.0 Å². The van der Waals surface area contributed by atoms with Crippen LogP contribution in [0.4, 0.5) is 20.2 Å². The van der Waals surface area contributed by atoms with E-state index in [9.17, 15) is 13.6 Å². The predicted octanol–water partition coefficient (Wildman–Crippen LogP) is 4.98. The van der Waals surface area contributed by atoms with Crippen LogP contribution in [-0.4, -0.2) is 12.5 Å². The molecule has 0 heterocycles. The minimum absolute atomic E-state index is 0.142. The SMILES string of the molecule is O=C(CCNc1ccc(F)cc1F)Nc1ccc(OCc2ccccc2)cc1. The second-order valence-electron chi connectivity index (χ2n) is 6.15. The highest BCUT2D eigenvalue weighted by atomic mass is 19.1. The van der Waals surface area contributed by atoms with Gasteiger partial charge in [-0.15, -0.1) is 0 Å². The van der Waals surface area contributed by atoms with E-state index >= 15 is 0 Å². The number of anilines is 2. The zero-order valence-corrected chi connectivity index (χ0v) is 15.1. The van der Waals surface area contributed by atoms with Gasteiger partial charge in [-0.1, -0.05) is 30.3 Å². The molecule has 0 radical (unpaired) electrons. The molecule has 4 nitrogen and oxygen atoms in total. The maximum absolute atomic E-state index is 13.5. The van der Waals surface area contributed by atoms with Crippen molar-refractivity contribution < 1.29 is 18.3 Å². The molecule has 3 aromatic rings. The van der Waals surface area contributed by atoms with Crippen LogP contribution in [0.25, 0.3) is 0 Å². The number of amides is 1. The van der Waals surface area contributed by atoms with Gasteiger partial charge in [-0.3, -0.25) is 4.79 Å². The van der Waals surface area contributed by atoms with Crippen molar-refractivity contribution in [3.63, 3.8) is 0 Å². The van der Waals surface area contributed by atoms with Crippen molar-refractivity contribution in [1.82, 2.24) is 0 Å². The van der Waals surface area contributed by atoms with Gasteiger partial charge in [-0.25, -0.2) is 8.78 Å². The van der Waals surface area contributed by atoms with Crippen LogP contribution in [0.3, 0.4) is 0 Å². The molecular formula is C22H20F2N2O2. The Morgan fingerprint density at radius 3 is 2.39 bits per heavy atom. The van der Waals surface area contributed by atoms with Crippen molar-refractivity contribution >= 4 is 17.3 Å². The van der Waals surface area contributed by atoms with Gasteiger partial charge in [0.2, 0.25) is 5.91 Å². The highest BCUT2D eigenvalue weighted by Crippen LogP contribution is 2.18. The van der Waals surface area contributed by atoms with Gasteiger partial charge in [-0.2, -0.15) is 0 Å². The van der Waals surface area contributed by atoms with E-state index in [-0.39, 0.29) is 24.6 Å². The number of carbonyl (C=O) groups is 1. The van der Waals surface area contributed by atoms with Gasteiger partial charge in [0.1, 0.15) is 24.0 Å². The molecule has 0 saturated carbocycles.